The molecule has 0 spiro atoms. The summed E-state index contributed by atoms with van der Waals surface area (Å²) in [7, 11) is 0. The lowest BCUT2D eigenvalue weighted by Crippen LogP contribution is -2.23. The summed E-state index contributed by atoms with van der Waals surface area (Å²) >= 11 is 0. The number of hydrogen-bond donors (Lipinski definition) is 1. The molecule has 16 heavy (non-hydrogen) atoms. The third kappa shape index (κ3) is 1.87. The number of nitrogens with two attached hydrogens (primary N) is 1. The van der Waals surface area contributed by atoms with Crippen molar-refractivity contribution in [3.63, 3.8) is 0 Å². The molecular formula is C12H13N3O. The van der Waals surface area contributed by atoms with Crippen molar-refractivity contribution in [3.05, 3.63) is 53.1 Å². The maximum absolute atomic E-state index is 12.0. The van der Waals surface area contributed by atoms with E-state index in [1.165, 1.54) is 10.9 Å². The van der Waals surface area contributed by atoms with E-state index in [0.29, 0.717) is 24.0 Å². The fourth-order valence-corrected chi connectivity index (χ4v) is 1.52. The molecule has 1 heterocycles. The van der Waals surface area contributed by atoms with Crippen molar-refractivity contribution in [1.82, 2.24) is 9.55 Å². The van der Waals surface area contributed by atoms with Crippen molar-refractivity contribution >= 4 is 10.9 Å². The maximum atomic E-state index is 12.0. The van der Waals surface area contributed by atoms with E-state index in [0.717, 1.165) is 5.57 Å². The molecule has 1 aromatic carbocycles. The number of benzene rings is 1. The number of rotatable bonds is 3. The monoisotopic (exact) mass is 215 g/mol. The molecule has 0 aliphatic heterocycles. The number of aromatic nitrogens is 2. The van der Waals surface area contributed by atoms with Gasteiger partial charge in [-0.3, -0.25) is 9.36 Å². The molecule has 2 N–H and O–H groups in total. The van der Waals surface area contributed by atoms with Gasteiger partial charge in [-0.05, 0) is 17.7 Å². The third-order valence-electron chi connectivity index (χ3n) is 2.41. The van der Waals surface area contributed by atoms with Crippen LogP contribution < -0.4 is 11.3 Å². The Kier molecular flexibility index (Phi) is 2.83. The van der Waals surface area contributed by atoms with Crippen molar-refractivity contribution in [2.45, 2.75) is 6.54 Å². The van der Waals surface area contributed by atoms with Gasteiger partial charge in [0.25, 0.3) is 5.56 Å². The first-order valence-electron chi connectivity index (χ1n) is 5.03. The summed E-state index contributed by atoms with van der Waals surface area (Å²) in [5.41, 5.74) is 6.91. The van der Waals surface area contributed by atoms with Crippen LogP contribution in [0.15, 0.2) is 47.5 Å². The van der Waals surface area contributed by atoms with Gasteiger partial charge in [-0.25, -0.2) is 4.98 Å². The summed E-state index contributed by atoms with van der Waals surface area (Å²) in [6.45, 7) is 4.58. The van der Waals surface area contributed by atoms with E-state index in [9.17, 15) is 4.79 Å². The molecule has 0 radical (unpaired) electrons. The zero-order valence-corrected chi connectivity index (χ0v) is 8.89. The molecule has 0 amide bonds. The van der Waals surface area contributed by atoms with E-state index in [4.69, 9.17) is 5.73 Å². The van der Waals surface area contributed by atoms with Gasteiger partial charge in [0.15, 0.2) is 0 Å². The predicted molar refractivity (Wildman–Crippen MR) is 64.2 cm³/mol. The van der Waals surface area contributed by atoms with Crippen LogP contribution in [0.5, 0.6) is 0 Å². The average Bonchev–Trinajstić information content (AvgIpc) is 2.33. The van der Waals surface area contributed by atoms with E-state index in [-0.39, 0.29) is 5.56 Å². The molecule has 4 nitrogen and oxygen atoms in total. The average molecular weight is 215 g/mol. The number of nitrogens with zero attached hydrogens (tertiary/aromatic N) is 2. The molecule has 0 aliphatic rings. The van der Waals surface area contributed by atoms with E-state index in [1.807, 2.05) is 18.2 Å². The van der Waals surface area contributed by atoms with Gasteiger partial charge in [-0.1, -0.05) is 18.7 Å². The smallest absolute Gasteiger partial charge is 0.261 e. The van der Waals surface area contributed by atoms with E-state index >= 15 is 0 Å². The lowest BCUT2D eigenvalue weighted by molar-refractivity contribution is 0.726. The van der Waals surface area contributed by atoms with E-state index in [1.54, 1.807) is 6.07 Å². The van der Waals surface area contributed by atoms with Gasteiger partial charge in [0, 0.05) is 13.1 Å². The lowest BCUT2D eigenvalue weighted by atomic mass is 10.2. The van der Waals surface area contributed by atoms with Crippen molar-refractivity contribution in [3.8, 4) is 0 Å². The quantitative estimate of drug-likeness (QED) is 0.774. The highest BCUT2D eigenvalue weighted by Gasteiger charge is 2.03. The molecule has 2 aromatic rings. The van der Waals surface area contributed by atoms with Crippen LogP contribution in [-0.4, -0.2) is 16.1 Å². The first kappa shape index (κ1) is 10.6. The Hall–Kier alpha value is -1.94. The van der Waals surface area contributed by atoms with E-state index in [2.05, 4.69) is 11.6 Å². The predicted octanol–water partition coefficient (Wildman–Crippen LogP) is 0.911. The van der Waals surface area contributed by atoms with Crippen LogP contribution in [0.2, 0.25) is 0 Å². The molecule has 1 aromatic heterocycles. The Labute approximate surface area is 93.0 Å². The van der Waals surface area contributed by atoms with Crippen LogP contribution in [0, 0.1) is 0 Å². The zero-order valence-electron chi connectivity index (χ0n) is 8.89. The standard InChI is InChI=1S/C12H13N3O/c1-9(6-13)7-15-8-14-11-5-3-2-4-10(11)12(15)16/h2-5,8H,1,6-7,13H2. The Bertz CT molecular complexity index is 586. The molecule has 0 fully saturated rings. The second-order valence-electron chi connectivity index (χ2n) is 3.65. The number of para-hydroxylation sites is 1. The normalized spacial score (nSPS) is 10.6. The van der Waals surface area contributed by atoms with Gasteiger partial charge in [0.1, 0.15) is 0 Å². The number of hydrogen-bond acceptors (Lipinski definition) is 3. The largest absolute Gasteiger partial charge is 0.327 e. The molecule has 4 heteroatoms. The molecule has 82 valence electrons. The Morgan fingerprint density at radius 1 is 1.44 bits per heavy atom. The third-order valence-corrected chi connectivity index (χ3v) is 2.41. The molecule has 0 aliphatic carbocycles. The fourth-order valence-electron chi connectivity index (χ4n) is 1.52. The van der Waals surface area contributed by atoms with Crippen LogP contribution >= 0.6 is 0 Å². The molecule has 2 rings (SSSR count). The molecular weight excluding hydrogens is 202 g/mol. The van der Waals surface area contributed by atoms with Gasteiger partial charge >= 0.3 is 0 Å². The Balaban J connectivity index is 2.53. The van der Waals surface area contributed by atoms with E-state index < -0.39 is 0 Å². The molecule has 0 unspecified atom stereocenters. The van der Waals surface area contributed by atoms with Crippen LogP contribution in [-0.2, 0) is 6.54 Å². The van der Waals surface area contributed by atoms with Gasteiger partial charge in [-0.15, -0.1) is 0 Å². The summed E-state index contributed by atoms with van der Waals surface area (Å²) in [5.74, 6) is 0. The lowest BCUT2D eigenvalue weighted by Gasteiger charge is -2.07. The van der Waals surface area contributed by atoms with Gasteiger partial charge in [0.2, 0.25) is 0 Å². The van der Waals surface area contributed by atoms with Crippen LogP contribution in [0.3, 0.4) is 0 Å². The van der Waals surface area contributed by atoms with Crippen molar-refractivity contribution in [1.29, 1.82) is 0 Å². The van der Waals surface area contributed by atoms with Gasteiger partial charge in [-0.2, -0.15) is 0 Å². The molecule has 0 saturated heterocycles. The minimum atomic E-state index is -0.0554. The summed E-state index contributed by atoms with van der Waals surface area (Å²) in [6, 6.07) is 7.27. The Morgan fingerprint density at radius 2 is 2.19 bits per heavy atom. The Morgan fingerprint density at radius 3 is 2.94 bits per heavy atom. The molecule has 0 atom stereocenters. The molecule has 0 saturated carbocycles. The zero-order chi connectivity index (χ0) is 11.5. The number of fused-ring (bicyclic) bond motifs is 1. The fraction of sp³-hybridized carbons (Fsp3) is 0.167. The SMILES string of the molecule is C=C(CN)Cn1cnc2ccccc2c1=O. The van der Waals surface area contributed by atoms with Crippen molar-refractivity contribution in [2.24, 2.45) is 5.73 Å². The highest BCUT2D eigenvalue weighted by Crippen LogP contribution is 2.05. The second kappa shape index (κ2) is 4.28. The van der Waals surface area contributed by atoms with Gasteiger partial charge in [0.05, 0.1) is 17.2 Å². The molecule has 0 bridgehead atoms. The summed E-state index contributed by atoms with van der Waals surface area (Å²) < 4.78 is 1.53. The van der Waals surface area contributed by atoms with Crippen molar-refractivity contribution in [2.75, 3.05) is 6.54 Å². The van der Waals surface area contributed by atoms with Crippen LogP contribution in [0.25, 0.3) is 10.9 Å². The topological polar surface area (TPSA) is 60.9 Å². The van der Waals surface area contributed by atoms with Crippen molar-refractivity contribution < 1.29 is 0 Å². The summed E-state index contributed by atoms with van der Waals surface area (Å²) in [6.07, 6.45) is 1.53. The highest BCUT2D eigenvalue weighted by molar-refractivity contribution is 5.76. The second-order valence-corrected chi connectivity index (χ2v) is 3.65. The minimum Gasteiger partial charge on any atom is -0.327 e. The summed E-state index contributed by atoms with van der Waals surface area (Å²) in [5, 5.41) is 0.620. The van der Waals surface area contributed by atoms with Crippen LogP contribution in [0.4, 0.5) is 0 Å². The maximum Gasteiger partial charge on any atom is 0.261 e. The minimum absolute atomic E-state index is 0.0554. The first-order valence-corrected chi connectivity index (χ1v) is 5.03. The van der Waals surface area contributed by atoms with Crippen LogP contribution in [0.1, 0.15) is 0 Å². The first-order chi connectivity index (χ1) is 7.72. The summed E-state index contributed by atoms with van der Waals surface area (Å²) in [4.78, 5) is 16.2. The van der Waals surface area contributed by atoms with Gasteiger partial charge < -0.3 is 5.73 Å². The highest BCUT2D eigenvalue weighted by atomic mass is 16.1.